The van der Waals surface area contributed by atoms with E-state index >= 15 is 0 Å². The summed E-state index contributed by atoms with van der Waals surface area (Å²) < 4.78 is 1.41. The van der Waals surface area contributed by atoms with Gasteiger partial charge in [0.05, 0.1) is 17.5 Å². The van der Waals surface area contributed by atoms with Crippen LogP contribution in [0.2, 0.25) is 0 Å². The molecule has 4 rings (SSSR count). The first kappa shape index (κ1) is 19.4. The summed E-state index contributed by atoms with van der Waals surface area (Å²) in [5, 5.41) is 9.67. The molecule has 2 amide bonds. The maximum absolute atomic E-state index is 12.7. The number of benzene rings is 2. The Labute approximate surface area is 172 Å². The Morgan fingerprint density at radius 3 is 2.47 bits per heavy atom. The van der Waals surface area contributed by atoms with E-state index in [0.717, 1.165) is 5.56 Å². The predicted octanol–water partition coefficient (Wildman–Crippen LogP) is 1.45. The lowest BCUT2D eigenvalue weighted by molar-refractivity contribution is -0.133. The van der Waals surface area contributed by atoms with Gasteiger partial charge in [0.1, 0.15) is 5.92 Å². The molecule has 2 atom stereocenters. The second-order valence-electron chi connectivity index (χ2n) is 7.10. The van der Waals surface area contributed by atoms with E-state index in [1.165, 1.54) is 10.9 Å². The van der Waals surface area contributed by atoms with Crippen molar-refractivity contribution in [2.75, 3.05) is 6.54 Å². The molecule has 3 N–H and O–H groups in total. The number of aromatic nitrogens is 2. The van der Waals surface area contributed by atoms with Gasteiger partial charge < -0.3 is 5.32 Å². The zero-order valence-corrected chi connectivity index (χ0v) is 16.3. The van der Waals surface area contributed by atoms with Crippen LogP contribution in [-0.4, -0.2) is 34.4 Å². The largest absolute Gasteiger partial charge is 0.355 e. The van der Waals surface area contributed by atoms with E-state index in [4.69, 9.17) is 0 Å². The van der Waals surface area contributed by atoms with Gasteiger partial charge >= 0.3 is 0 Å². The highest BCUT2D eigenvalue weighted by molar-refractivity contribution is 6.03. The first-order valence-electron chi connectivity index (χ1n) is 9.59. The molecule has 8 nitrogen and oxygen atoms in total. The van der Waals surface area contributed by atoms with E-state index in [1.807, 2.05) is 60.7 Å². The molecule has 1 fully saturated rings. The average Bonchev–Trinajstić information content (AvgIpc) is 3.29. The first-order valence-corrected chi connectivity index (χ1v) is 9.59. The summed E-state index contributed by atoms with van der Waals surface area (Å²) >= 11 is 0. The topological polar surface area (TPSA) is 108 Å². The normalized spacial score (nSPS) is 18.5. The molecule has 0 aliphatic carbocycles. The van der Waals surface area contributed by atoms with Crippen molar-refractivity contribution in [3.63, 3.8) is 0 Å². The third-order valence-corrected chi connectivity index (χ3v) is 5.19. The zero-order valence-electron chi connectivity index (χ0n) is 16.3. The van der Waals surface area contributed by atoms with Gasteiger partial charge in [0.2, 0.25) is 5.91 Å². The van der Waals surface area contributed by atoms with Crippen LogP contribution >= 0.6 is 0 Å². The van der Waals surface area contributed by atoms with Crippen LogP contribution in [0, 0.1) is 12.8 Å². The number of nitrogens with zero attached hydrogens (tertiary/aromatic N) is 2. The second-order valence-corrected chi connectivity index (χ2v) is 7.10. The standard InChI is InChI=1S/C22H21N5O3/c1-14-17(22(30)27(26-14)16-10-6-3-7-11-16)13-24-25-21(29)19-18(12-23-20(19)28)15-8-4-2-5-9-15/h2-11,13,18-19,26H,12H2,1H3,(H,23,28)(H,25,29)/b24-13-/t18-,19-/m0/s1. The van der Waals surface area contributed by atoms with E-state index in [2.05, 4.69) is 20.9 Å². The summed E-state index contributed by atoms with van der Waals surface area (Å²) in [6, 6.07) is 18.6. The quantitative estimate of drug-likeness (QED) is 0.341. The molecule has 0 bridgehead atoms. The van der Waals surface area contributed by atoms with Crippen LogP contribution in [-0.2, 0) is 9.59 Å². The number of aryl methyl sites for hydroxylation is 1. The van der Waals surface area contributed by atoms with Crippen molar-refractivity contribution in [1.82, 2.24) is 20.5 Å². The fourth-order valence-corrected chi connectivity index (χ4v) is 3.63. The summed E-state index contributed by atoms with van der Waals surface area (Å²) in [4.78, 5) is 37.5. The minimum absolute atomic E-state index is 0.266. The molecular weight excluding hydrogens is 382 g/mol. The van der Waals surface area contributed by atoms with Gasteiger partial charge in [-0.2, -0.15) is 5.10 Å². The summed E-state index contributed by atoms with van der Waals surface area (Å²) in [5.74, 6) is -1.98. The molecule has 1 aliphatic heterocycles. The fraction of sp³-hybridized carbons (Fsp3) is 0.182. The molecule has 8 heteroatoms. The smallest absolute Gasteiger partial charge is 0.280 e. The van der Waals surface area contributed by atoms with Crippen LogP contribution in [0.1, 0.15) is 22.7 Å². The number of hydrazone groups is 1. The van der Waals surface area contributed by atoms with E-state index in [0.29, 0.717) is 23.5 Å². The third-order valence-electron chi connectivity index (χ3n) is 5.19. The Hall–Kier alpha value is -3.94. The lowest BCUT2D eigenvalue weighted by atomic mass is 9.88. The van der Waals surface area contributed by atoms with E-state index in [9.17, 15) is 14.4 Å². The number of rotatable bonds is 5. The first-order chi connectivity index (χ1) is 14.6. The summed E-state index contributed by atoms with van der Waals surface area (Å²) in [5.41, 5.74) is 4.68. The lowest BCUT2D eigenvalue weighted by Crippen LogP contribution is -2.34. The molecule has 0 spiro atoms. The van der Waals surface area contributed by atoms with Gasteiger partial charge in [-0.15, -0.1) is 0 Å². The van der Waals surface area contributed by atoms with Gasteiger partial charge in [-0.05, 0) is 24.6 Å². The number of para-hydroxylation sites is 1. The Morgan fingerprint density at radius 1 is 1.10 bits per heavy atom. The number of hydrogen-bond donors (Lipinski definition) is 3. The average molecular weight is 403 g/mol. The minimum Gasteiger partial charge on any atom is -0.355 e. The highest BCUT2D eigenvalue weighted by Gasteiger charge is 2.40. The maximum atomic E-state index is 12.7. The summed E-state index contributed by atoms with van der Waals surface area (Å²) in [6.45, 7) is 2.14. The van der Waals surface area contributed by atoms with Gasteiger partial charge in [-0.1, -0.05) is 48.5 Å². The Kier molecular flexibility index (Phi) is 5.30. The van der Waals surface area contributed by atoms with Crippen molar-refractivity contribution in [1.29, 1.82) is 0 Å². The number of carbonyl (C=O) groups is 2. The van der Waals surface area contributed by atoms with Crippen LogP contribution in [0.25, 0.3) is 5.69 Å². The van der Waals surface area contributed by atoms with Gasteiger partial charge in [0.25, 0.3) is 11.5 Å². The lowest BCUT2D eigenvalue weighted by Gasteiger charge is -2.15. The van der Waals surface area contributed by atoms with Crippen LogP contribution in [0.4, 0.5) is 0 Å². The molecule has 0 saturated carbocycles. The van der Waals surface area contributed by atoms with E-state index in [-0.39, 0.29) is 17.4 Å². The molecule has 30 heavy (non-hydrogen) atoms. The number of H-pyrrole nitrogens is 1. The van der Waals surface area contributed by atoms with Gasteiger partial charge in [-0.25, -0.2) is 10.1 Å². The SMILES string of the molecule is Cc1[nH]n(-c2ccccc2)c(=O)c1/C=N\NC(=O)[C@@H]1C(=O)NC[C@H]1c1ccccc1. The van der Waals surface area contributed by atoms with Crippen molar-refractivity contribution in [3.05, 3.63) is 87.8 Å². The van der Waals surface area contributed by atoms with Crippen LogP contribution in [0.15, 0.2) is 70.6 Å². The minimum atomic E-state index is -0.877. The monoisotopic (exact) mass is 403 g/mol. The molecule has 2 aromatic carbocycles. The molecule has 1 aliphatic rings. The molecule has 1 aromatic heterocycles. The van der Waals surface area contributed by atoms with Crippen molar-refractivity contribution in [2.45, 2.75) is 12.8 Å². The number of carbonyl (C=O) groups excluding carboxylic acids is 2. The van der Waals surface area contributed by atoms with Gasteiger partial charge in [0.15, 0.2) is 0 Å². The molecule has 1 saturated heterocycles. The van der Waals surface area contributed by atoms with Crippen molar-refractivity contribution >= 4 is 18.0 Å². The number of hydrogen-bond acceptors (Lipinski definition) is 4. The van der Waals surface area contributed by atoms with Crippen LogP contribution < -0.4 is 16.3 Å². The highest BCUT2D eigenvalue weighted by atomic mass is 16.2. The second kappa shape index (κ2) is 8.20. The molecule has 2 heterocycles. The van der Waals surface area contributed by atoms with Crippen molar-refractivity contribution < 1.29 is 9.59 Å². The molecule has 3 aromatic rings. The molecule has 152 valence electrons. The third kappa shape index (κ3) is 3.67. The predicted molar refractivity (Wildman–Crippen MR) is 113 cm³/mol. The zero-order chi connectivity index (χ0) is 21.1. The summed E-state index contributed by atoms with van der Waals surface area (Å²) in [6.07, 6.45) is 1.30. The molecule has 0 radical (unpaired) electrons. The van der Waals surface area contributed by atoms with Crippen LogP contribution in [0.5, 0.6) is 0 Å². The maximum Gasteiger partial charge on any atom is 0.280 e. The van der Waals surface area contributed by atoms with Gasteiger partial charge in [-0.3, -0.25) is 19.5 Å². The van der Waals surface area contributed by atoms with Crippen LogP contribution in [0.3, 0.4) is 0 Å². The Balaban J connectivity index is 1.51. The summed E-state index contributed by atoms with van der Waals surface area (Å²) in [7, 11) is 0. The Bertz CT molecular complexity index is 1150. The van der Waals surface area contributed by atoms with Gasteiger partial charge in [0, 0.05) is 18.2 Å². The number of amides is 2. The fourth-order valence-electron chi connectivity index (χ4n) is 3.63. The van der Waals surface area contributed by atoms with Crippen molar-refractivity contribution in [2.24, 2.45) is 11.0 Å². The van der Waals surface area contributed by atoms with Crippen molar-refractivity contribution in [3.8, 4) is 5.69 Å². The number of aromatic amines is 1. The van der Waals surface area contributed by atoms with E-state index < -0.39 is 11.8 Å². The molecule has 0 unspecified atom stereocenters. The number of nitrogens with one attached hydrogen (secondary N) is 3. The van der Waals surface area contributed by atoms with E-state index in [1.54, 1.807) is 6.92 Å². The molecular formula is C22H21N5O3. The Morgan fingerprint density at radius 2 is 1.77 bits per heavy atom. The highest BCUT2D eigenvalue weighted by Crippen LogP contribution is 2.28.